The molecule has 0 fully saturated rings. The molecule has 0 aliphatic heterocycles. The van der Waals surface area contributed by atoms with E-state index in [9.17, 15) is 24.6 Å². The molecule has 2 aromatic heterocycles. The molecule has 0 saturated heterocycles. The van der Waals surface area contributed by atoms with Gasteiger partial charge in [-0.2, -0.15) is 0 Å². The minimum Gasteiger partial charge on any atom is -0.504 e. The number of para-hydroxylation sites is 1. The zero-order valence-electron chi connectivity index (χ0n) is 20.3. The van der Waals surface area contributed by atoms with E-state index in [-0.39, 0.29) is 48.4 Å². The molecular weight excluding hydrogens is 478 g/mol. The van der Waals surface area contributed by atoms with Gasteiger partial charge in [-0.05, 0) is 36.8 Å². The van der Waals surface area contributed by atoms with E-state index in [1.54, 1.807) is 19.1 Å². The van der Waals surface area contributed by atoms with Gasteiger partial charge in [0, 0.05) is 36.5 Å². The molecule has 0 unspecified atom stereocenters. The van der Waals surface area contributed by atoms with Crippen molar-refractivity contribution in [3.8, 4) is 17.2 Å². The molecule has 0 radical (unpaired) electrons. The summed E-state index contributed by atoms with van der Waals surface area (Å²) in [5.74, 6) is -1.88. The first-order chi connectivity index (χ1) is 17.8. The number of methoxy groups -OCH3 is 1. The van der Waals surface area contributed by atoms with Crippen molar-refractivity contribution in [1.29, 1.82) is 0 Å². The number of phenolic OH excluding ortho intramolecular Hbond substituents is 1. The number of phenols is 1. The number of aromatic amines is 1. The van der Waals surface area contributed by atoms with Gasteiger partial charge in [-0.15, -0.1) is 0 Å². The smallest absolute Gasteiger partial charge is 0.267 e. The number of amides is 2. The molecule has 37 heavy (non-hydrogen) atoms. The Labute approximate surface area is 211 Å². The number of H-pyrrole nitrogens is 1. The fraction of sp³-hybridized carbons (Fsp3) is 0.222. The number of rotatable bonds is 9. The second-order valence-corrected chi connectivity index (χ2v) is 8.50. The lowest BCUT2D eigenvalue weighted by Crippen LogP contribution is -2.35. The van der Waals surface area contributed by atoms with Crippen molar-refractivity contribution in [2.45, 2.75) is 19.3 Å². The molecule has 10 nitrogen and oxygen atoms in total. The first-order valence-corrected chi connectivity index (χ1v) is 11.6. The zero-order valence-corrected chi connectivity index (χ0v) is 20.3. The van der Waals surface area contributed by atoms with Gasteiger partial charge in [0.15, 0.2) is 17.3 Å². The van der Waals surface area contributed by atoms with Crippen LogP contribution in [0.4, 0.5) is 0 Å². The van der Waals surface area contributed by atoms with E-state index in [0.717, 1.165) is 17.0 Å². The molecule has 5 N–H and O–H groups in total. The summed E-state index contributed by atoms with van der Waals surface area (Å²) < 4.78 is 10.8. The van der Waals surface area contributed by atoms with Crippen molar-refractivity contribution in [2.75, 3.05) is 20.2 Å². The number of fused-ring (bicyclic) bond motifs is 1. The first-order valence-electron chi connectivity index (χ1n) is 11.6. The summed E-state index contributed by atoms with van der Waals surface area (Å²) in [7, 11) is 1.38. The van der Waals surface area contributed by atoms with Crippen LogP contribution in [0.1, 0.15) is 39.9 Å². The van der Waals surface area contributed by atoms with Crippen LogP contribution in [0.5, 0.6) is 17.2 Å². The number of hydrogen-bond acceptors (Lipinski definition) is 7. The van der Waals surface area contributed by atoms with Crippen LogP contribution < -0.4 is 20.8 Å². The summed E-state index contributed by atoms with van der Waals surface area (Å²) in [6.07, 6.45) is -0.177. The van der Waals surface area contributed by atoms with E-state index >= 15 is 0 Å². The van der Waals surface area contributed by atoms with Crippen LogP contribution in [0.25, 0.3) is 10.9 Å². The second-order valence-electron chi connectivity index (χ2n) is 8.50. The van der Waals surface area contributed by atoms with Gasteiger partial charge < -0.3 is 35.0 Å². The predicted octanol–water partition coefficient (Wildman–Crippen LogP) is 2.92. The largest absolute Gasteiger partial charge is 0.504 e. The third-order valence-corrected chi connectivity index (χ3v) is 5.89. The molecule has 4 rings (SSSR count). The second kappa shape index (κ2) is 10.9. The van der Waals surface area contributed by atoms with Gasteiger partial charge in [-0.1, -0.05) is 24.3 Å². The van der Waals surface area contributed by atoms with Crippen molar-refractivity contribution in [3.05, 3.63) is 87.6 Å². The summed E-state index contributed by atoms with van der Waals surface area (Å²) in [6, 6.07) is 14.9. The highest BCUT2D eigenvalue weighted by molar-refractivity contribution is 5.98. The maximum atomic E-state index is 12.8. The summed E-state index contributed by atoms with van der Waals surface area (Å²) in [4.78, 5) is 40.5. The van der Waals surface area contributed by atoms with Crippen LogP contribution in [-0.4, -0.2) is 47.2 Å². The quantitative estimate of drug-likeness (QED) is 0.219. The van der Waals surface area contributed by atoms with E-state index < -0.39 is 23.0 Å². The highest BCUT2D eigenvalue weighted by atomic mass is 16.5. The zero-order chi connectivity index (χ0) is 26.5. The van der Waals surface area contributed by atoms with Crippen LogP contribution in [0.3, 0.4) is 0 Å². The SMILES string of the molecule is COc1cc([C@H](CC(=O)NCCNC(=O)c2cc3ccccc3[nH]2)c2oc(C)cc(=O)c2O)ccc1O. The summed E-state index contributed by atoms with van der Waals surface area (Å²) in [5, 5.41) is 26.8. The Morgan fingerprint density at radius 3 is 2.57 bits per heavy atom. The highest BCUT2D eigenvalue weighted by Gasteiger charge is 2.26. The van der Waals surface area contributed by atoms with Crippen LogP contribution >= 0.6 is 0 Å². The van der Waals surface area contributed by atoms with Gasteiger partial charge >= 0.3 is 0 Å². The molecule has 1 atom stereocenters. The van der Waals surface area contributed by atoms with Gasteiger partial charge in [0.2, 0.25) is 17.1 Å². The fourth-order valence-electron chi connectivity index (χ4n) is 4.06. The number of benzene rings is 2. The molecule has 2 amide bonds. The molecular formula is C27H27N3O7. The molecule has 10 heteroatoms. The maximum Gasteiger partial charge on any atom is 0.267 e. The van der Waals surface area contributed by atoms with Crippen molar-refractivity contribution < 1.29 is 29.0 Å². The van der Waals surface area contributed by atoms with Crippen LogP contribution in [-0.2, 0) is 4.79 Å². The van der Waals surface area contributed by atoms with E-state index in [2.05, 4.69) is 15.6 Å². The molecule has 0 saturated carbocycles. The fourth-order valence-corrected chi connectivity index (χ4v) is 4.06. The third-order valence-electron chi connectivity index (χ3n) is 5.89. The van der Waals surface area contributed by atoms with Crippen LogP contribution in [0.2, 0.25) is 0 Å². The number of aromatic nitrogens is 1. The number of hydrogen-bond donors (Lipinski definition) is 5. The van der Waals surface area contributed by atoms with Gasteiger partial charge in [-0.3, -0.25) is 14.4 Å². The molecule has 2 heterocycles. The van der Waals surface area contributed by atoms with Crippen molar-refractivity contribution >= 4 is 22.7 Å². The minimum absolute atomic E-state index is 0.0694. The molecule has 0 aliphatic rings. The minimum atomic E-state index is -0.844. The summed E-state index contributed by atoms with van der Waals surface area (Å²) in [6.45, 7) is 1.90. The third kappa shape index (κ3) is 5.75. The van der Waals surface area contributed by atoms with Crippen molar-refractivity contribution in [1.82, 2.24) is 15.6 Å². The Bertz CT molecular complexity index is 1470. The average Bonchev–Trinajstić information content (AvgIpc) is 3.32. The highest BCUT2D eigenvalue weighted by Crippen LogP contribution is 2.37. The average molecular weight is 506 g/mol. The molecule has 0 spiro atoms. The topological polar surface area (TPSA) is 154 Å². The lowest BCUT2D eigenvalue weighted by molar-refractivity contribution is -0.121. The van der Waals surface area contributed by atoms with Crippen molar-refractivity contribution in [2.24, 2.45) is 0 Å². The Hall–Kier alpha value is -4.73. The normalized spacial score (nSPS) is 11.7. The number of nitrogens with one attached hydrogen (secondary N) is 3. The summed E-state index contributed by atoms with van der Waals surface area (Å²) >= 11 is 0. The molecule has 0 bridgehead atoms. The van der Waals surface area contributed by atoms with E-state index in [1.165, 1.54) is 19.2 Å². The number of carbonyl (C=O) groups is 2. The van der Waals surface area contributed by atoms with Crippen LogP contribution in [0, 0.1) is 6.92 Å². The Morgan fingerprint density at radius 1 is 1.05 bits per heavy atom. The summed E-state index contributed by atoms with van der Waals surface area (Å²) in [5.41, 5.74) is 1.12. The van der Waals surface area contributed by atoms with Gasteiger partial charge in [0.1, 0.15) is 11.5 Å². The molecule has 192 valence electrons. The number of ether oxygens (including phenoxy) is 1. The number of aromatic hydroxyl groups is 2. The van der Waals surface area contributed by atoms with E-state index in [0.29, 0.717) is 11.3 Å². The molecule has 4 aromatic rings. The van der Waals surface area contributed by atoms with Gasteiger partial charge in [0.05, 0.1) is 13.0 Å². The standard InChI is InChI=1S/C27H27N3O7/c1-15-11-22(32)25(34)26(37-15)18(16-7-8-21(31)23(13-16)36-2)14-24(33)28-9-10-29-27(35)20-12-17-5-3-4-6-19(17)30-20/h3-8,11-13,18,30-31,34H,9-10,14H2,1-2H3,(H,28,33)(H,29,35)/t18-/m0/s1. The Balaban J connectivity index is 1.44. The lowest BCUT2D eigenvalue weighted by atomic mass is 9.91. The van der Waals surface area contributed by atoms with Crippen molar-refractivity contribution in [3.63, 3.8) is 0 Å². The predicted molar refractivity (Wildman–Crippen MR) is 136 cm³/mol. The van der Waals surface area contributed by atoms with Crippen LogP contribution in [0.15, 0.2) is 63.8 Å². The first kappa shape index (κ1) is 25.4. The number of aryl methyl sites for hydroxylation is 1. The van der Waals surface area contributed by atoms with E-state index in [1.807, 2.05) is 24.3 Å². The van der Waals surface area contributed by atoms with Gasteiger partial charge in [0.25, 0.3) is 5.91 Å². The molecule has 2 aromatic carbocycles. The number of carbonyl (C=O) groups excluding carboxylic acids is 2. The Morgan fingerprint density at radius 2 is 1.81 bits per heavy atom. The molecule has 0 aliphatic carbocycles. The monoisotopic (exact) mass is 505 g/mol. The van der Waals surface area contributed by atoms with E-state index in [4.69, 9.17) is 9.15 Å². The maximum absolute atomic E-state index is 12.8. The Kier molecular flexibility index (Phi) is 7.47. The lowest BCUT2D eigenvalue weighted by Gasteiger charge is -2.19. The van der Waals surface area contributed by atoms with Gasteiger partial charge in [-0.25, -0.2) is 0 Å².